The van der Waals surface area contributed by atoms with Gasteiger partial charge in [-0.1, -0.05) is 40.2 Å². The van der Waals surface area contributed by atoms with Crippen LogP contribution in [0.1, 0.15) is 15.9 Å². The van der Waals surface area contributed by atoms with Crippen molar-refractivity contribution in [1.82, 2.24) is 9.55 Å². The lowest BCUT2D eigenvalue weighted by molar-refractivity contribution is 0.0490. The fourth-order valence-corrected chi connectivity index (χ4v) is 4.13. The van der Waals surface area contributed by atoms with Gasteiger partial charge in [0.15, 0.2) is 16.6 Å². The van der Waals surface area contributed by atoms with Crippen LogP contribution in [0.3, 0.4) is 0 Å². The van der Waals surface area contributed by atoms with Crippen molar-refractivity contribution in [1.29, 1.82) is 5.41 Å². The van der Waals surface area contributed by atoms with Crippen LogP contribution in [0.25, 0.3) is 22.6 Å². The van der Waals surface area contributed by atoms with Gasteiger partial charge in [-0.3, -0.25) is 5.41 Å². The number of esters is 1. The first kappa shape index (κ1) is 20.8. The van der Waals surface area contributed by atoms with E-state index in [1.54, 1.807) is 28.8 Å². The number of pyridine rings is 1. The van der Waals surface area contributed by atoms with Crippen LogP contribution in [0.4, 0.5) is 0 Å². The number of oxazole rings is 1. The van der Waals surface area contributed by atoms with E-state index in [9.17, 15) is 4.79 Å². The zero-order valence-electron chi connectivity index (χ0n) is 16.0. The molecule has 0 saturated heterocycles. The van der Waals surface area contributed by atoms with Crippen molar-refractivity contribution >= 4 is 55.6 Å². The molecule has 30 heavy (non-hydrogen) atoms. The van der Waals surface area contributed by atoms with E-state index >= 15 is 0 Å². The Kier molecular flexibility index (Phi) is 6.05. The summed E-state index contributed by atoms with van der Waals surface area (Å²) in [6.07, 6.45) is 1.81. The lowest BCUT2D eigenvalue weighted by Crippen LogP contribution is -2.24. The van der Waals surface area contributed by atoms with Gasteiger partial charge in [0.1, 0.15) is 6.61 Å². The zero-order chi connectivity index (χ0) is 21.3. The number of ether oxygens (including phenoxy) is 1. The van der Waals surface area contributed by atoms with Gasteiger partial charge in [-0.05, 0) is 59.3 Å². The van der Waals surface area contributed by atoms with E-state index < -0.39 is 0 Å². The van der Waals surface area contributed by atoms with Crippen LogP contribution in [0.2, 0.25) is 0 Å². The van der Waals surface area contributed by atoms with Crippen LogP contribution in [0.5, 0.6) is 0 Å². The van der Waals surface area contributed by atoms with Gasteiger partial charge < -0.3 is 13.7 Å². The monoisotopic (exact) mass is 577 g/mol. The van der Waals surface area contributed by atoms with Gasteiger partial charge in [0.2, 0.25) is 5.89 Å². The first-order valence-electron chi connectivity index (χ1n) is 9.17. The summed E-state index contributed by atoms with van der Waals surface area (Å²) < 4.78 is 14.9. The summed E-state index contributed by atoms with van der Waals surface area (Å²) in [5.41, 5.74) is 3.66. The number of fused-ring (bicyclic) bond motifs is 1. The summed E-state index contributed by atoms with van der Waals surface area (Å²) in [6, 6.07) is 14.7. The Hall–Kier alpha value is -2.46. The summed E-state index contributed by atoms with van der Waals surface area (Å²) in [5, 5.41) is 8.55. The fraction of sp³-hybridized carbons (Fsp3) is 0.136. The van der Waals surface area contributed by atoms with E-state index in [0.717, 1.165) is 19.2 Å². The van der Waals surface area contributed by atoms with Crippen LogP contribution in [0, 0.1) is 15.9 Å². The lowest BCUT2D eigenvalue weighted by Gasteiger charge is -2.09. The molecule has 0 aliphatic carbocycles. The van der Waals surface area contributed by atoms with Gasteiger partial charge >= 0.3 is 5.97 Å². The van der Waals surface area contributed by atoms with Crippen LogP contribution in [-0.2, 0) is 11.3 Å². The number of halogens is 2. The van der Waals surface area contributed by atoms with Gasteiger partial charge in [0, 0.05) is 16.2 Å². The first-order chi connectivity index (χ1) is 14.5. The second-order valence-corrected chi connectivity index (χ2v) is 8.65. The lowest BCUT2D eigenvalue weighted by atomic mass is 10.1. The smallest absolute Gasteiger partial charge is 0.338 e. The summed E-state index contributed by atoms with van der Waals surface area (Å²) >= 11 is 5.70. The van der Waals surface area contributed by atoms with Crippen LogP contribution >= 0.6 is 38.5 Å². The van der Waals surface area contributed by atoms with E-state index in [4.69, 9.17) is 14.6 Å². The molecule has 2 heterocycles. The number of nitrogens with one attached hydrogen (secondary N) is 1. The van der Waals surface area contributed by atoms with E-state index in [-0.39, 0.29) is 18.1 Å². The second kappa shape index (κ2) is 8.73. The maximum Gasteiger partial charge on any atom is 0.338 e. The van der Waals surface area contributed by atoms with E-state index in [1.807, 2.05) is 37.4 Å². The van der Waals surface area contributed by atoms with Crippen LogP contribution in [0.15, 0.2) is 63.6 Å². The molecular formula is C22H17BrIN3O3. The van der Waals surface area contributed by atoms with Crippen molar-refractivity contribution in [3.05, 3.63) is 79.4 Å². The molecule has 152 valence electrons. The summed E-state index contributed by atoms with van der Waals surface area (Å²) in [4.78, 5) is 16.7. The molecule has 0 unspecified atom stereocenters. The number of carbonyl (C=O) groups excluding carboxylic acids is 1. The molecule has 6 nitrogen and oxygen atoms in total. The maximum atomic E-state index is 12.1. The van der Waals surface area contributed by atoms with Crippen LogP contribution < -0.4 is 5.49 Å². The highest BCUT2D eigenvalue weighted by molar-refractivity contribution is 14.1. The number of hydrogen-bond acceptors (Lipinski definition) is 5. The highest BCUT2D eigenvalue weighted by Crippen LogP contribution is 2.31. The molecule has 0 radical (unpaired) electrons. The van der Waals surface area contributed by atoms with Crippen molar-refractivity contribution in [3.63, 3.8) is 0 Å². The van der Waals surface area contributed by atoms with Gasteiger partial charge in [-0.25, -0.2) is 9.78 Å². The Bertz CT molecular complexity index is 1300. The number of carbonyl (C=O) groups is 1. The molecule has 0 aliphatic rings. The van der Waals surface area contributed by atoms with Crippen LogP contribution in [-0.4, -0.2) is 22.1 Å². The minimum absolute atomic E-state index is 0.154. The predicted molar refractivity (Wildman–Crippen MR) is 125 cm³/mol. The predicted octanol–water partition coefficient (Wildman–Crippen LogP) is 5.31. The minimum atomic E-state index is -0.382. The minimum Gasteiger partial charge on any atom is -0.460 e. The largest absolute Gasteiger partial charge is 0.460 e. The number of benzene rings is 2. The fourth-order valence-electron chi connectivity index (χ4n) is 3.06. The third-order valence-corrected chi connectivity index (χ3v) is 6.33. The van der Waals surface area contributed by atoms with Gasteiger partial charge in [0.25, 0.3) is 0 Å². The molecule has 0 bridgehead atoms. The second-order valence-electron chi connectivity index (χ2n) is 6.63. The Morgan fingerprint density at radius 2 is 2.00 bits per heavy atom. The average molecular weight is 578 g/mol. The Morgan fingerprint density at radius 3 is 2.77 bits per heavy atom. The van der Waals surface area contributed by atoms with Crippen molar-refractivity contribution in [3.8, 4) is 11.5 Å². The molecule has 2 aromatic heterocycles. The standard InChI is InChI=1S/C22H17BrIN3O3/c1-13-15(8-5-9-16(13)23)21-26-18-19(30-21)17(24)12-27(20(18)25)10-11-29-22(28)14-6-3-2-4-7-14/h2-9,12,25H,10-11H2,1H3. The normalized spacial score (nSPS) is 11.0. The number of nitrogens with zero attached hydrogens (tertiary/aromatic N) is 2. The molecular weight excluding hydrogens is 561 g/mol. The molecule has 0 fully saturated rings. The molecule has 0 amide bonds. The molecule has 0 aliphatic heterocycles. The van der Waals surface area contributed by atoms with Crippen molar-refractivity contribution in [2.75, 3.05) is 6.61 Å². The molecule has 8 heteroatoms. The highest BCUT2D eigenvalue weighted by atomic mass is 127. The van der Waals surface area contributed by atoms with E-state index in [0.29, 0.717) is 29.1 Å². The molecule has 1 N–H and O–H groups in total. The van der Waals surface area contributed by atoms with Crippen molar-refractivity contribution in [2.24, 2.45) is 0 Å². The topological polar surface area (TPSA) is 81.1 Å². The average Bonchev–Trinajstić information content (AvgIpc) is 3.20. The Balaban J connectivity index is 1.60. The first-order valence-corrected chi connectivity index (χ1v) is 11.0. The highest BCUT2D eigenvalue weighted by Gasteiger charge is 2.17. The van der Waals surface area contributed by atoms with Crippen molar-refractivity contribution in [2.45, 2.75) is 13.5 Å². The SMILES string of the molecule is Cc1c(Br)cccc1-c1nc2c(=N)n(CCOC(=O)c3ccccc3)cc(I)c2o1. The molecule has 4 rings (SSSR count). The molecule has 2 aromatic carbocycles. The zero-order valence-corrected chi connectivity index (χ0v) is 19.7. The summed E-state index contributed by atoms with van der Waals surface area (Å²) in [7, 11) is 0. The van der Waals surface area contributed by atoms with Gasteiger partial charge in [-0.15, -0.1) is 0 Å². The molecule has 0 spiro atoms. The van der Waals surface area contributed by atoms with E-state index in [2.05, 4.69) is 43.5 Å². The summed E-state index contributed by atoms with van der Waals surface area (Å²) in [6.45, 7) is 2.49. The Labute approximate surface area is 194 Å². The third kappa shape index (κ3) is 4.06. The van der Waals surface area contributed by atoms with E-state index in [1.165, 1.54) is 0 Å². The van der Waals surface area contributed by atoms with Crippen molar-refractivity contribution < 1.29 is 13.9 Å². The quantitative estimate of drug-likeness (QED) is 0.257. The molecule has 0 atom stereocenters. The van der Waals surface area contributed by atoms with Gasteiger partial charge in [-0.2, -0.15) is 0 Å². The Morgan fingerprint density at radius 1 is 1.23 bits per heavy atom. The number of rotatable bonds is 5. The van der Waals surface area contributed by atoms with Gasteiger partial charge in [0.05, 0.1) is 15.7 Å². The number of hydrogen-bond donors (Lipinski definition) is 1. The summed E-state index contributed by atoms with van der Waals surface area (Å²) in [5.74, 6) is 0.0934. The third-order valence-electron chi connectivity index (χ3n) is 4.70. The number of aromatic nitrogens is 2. The molecule has 0 saturated carbocycles. The molecule has 4 aromatic rings. The maximum absolute atomic E-state index is 12.1.